The Kier molecular flexibility index (Phi) is 5.78. The van der Waals surface area contributed by atoms with Gasteiger partial charge in [-0.1, -0.05) is 6.07 Å². The van der Waals surface area contributed by atoms with Crippen LogP contribution in [0.5, 0.6) is 0 Å². The fourth-order valence-corrected chi connectivity index (χ4v) is 3.26. The molecular formula is C19H22F2N4O. The van der Waals surface area contributed by atoms with Crippen LogP contribution in [0.2, 0.25) is 0 Å². The summed E-state index contributed by atoms with van der Waals surface area (Å²) in [6, 6.07) is 7.41. The monoisotopic (exact) mass is 360 g/mol. The maximum Gasteiger partial charge on any atom is 0.254 e. The lowest BCUT2D eigenvalue weighted by Crippen LogP contribution is -2.42. The Balaban J connectivity index is 1.69. The number of anilines is 1. The van der Waals surface area contributed by atoms with Crippen LogP contribution in [0.15, 0.2) is 36.5 Å². The smallest absolute Gasteiger partial charge is 0.254 e. The second kappa shape index (κ2) is 8.23. The van der Waals surface area contributed by atoms with Gasteiger partial charge < -0.3 is 10.6 Å². The Hall–Kier alpha value is -2.54. The zero-order valence-corrected chi connectivity index (χ0v) is 14.6. The van der Waals surface area contributed by atoms with E-state index < -0.39 is 11.6 Å². The Morgan fingerprint density at radius 3 is 2.77 bits per heavy atom. The van der Waals surface area contributed by atoms with Crippen LogP contribution in [-0.4, -0.2) is 42.0 Å². The summed E-state index contributed by atoms with van der Waals surface area (Å²) in [5.74, 6) is -0.726. The fourth-order valence-electron chi connectivity index (χ4n) is 3.26. The van der Waals surface area contributed by atoms with Crippen LogP contribution in [0.25, 0.3) is 0 Å². The van der Waals surface area contributed by atoms with Crippen molar-refractivity contribution < 1.29 is 13.6 Å². The van der Waals surface area contributed by atoms with Crippen LogP contribution < -0.4 is 10.6 Å². The molecule has 0 saturated carbocycles. The summed E-state index contributed by atoms with van der Waals surface area (Å²) < 4.78 is 27.8. The molecular weight excluding hydrogens is 338 g/mol. The summed E-state index contributed by atoms with van der Waals surface area (Å²) in [4.78, 5) is 18.3. The third-order valence-corrected chi connectivity index (χ3v) is 4.57. The number of rotatable bonds is 5. The van der Waals surface area contributed by atoms with Gasteiger partial charge in [0.25, 0.3) is 5.91 Å². The van der Waals surface area contributed by atoms with Gasteiger partial charge in [-0.05, 0) is 43.7 Å². The van der Waals surface area contributed by atoms with Gasteiger partial charge in [-0.2, -0.15) is 0 Å². The second-order valence-electron chi connectivity index (χ2n) is 6.40. The Morgan fingerprint density at radius 1 is 1.27 bits per heavy atom. The van der Waals surface area contributed by atoms with E-state index in [2.05, 4.69) is 15.6 Å². The van der Waals surface area contributed by atoms with Crippen LogP contribution in [0, 0.1) is 11.6 Å². The van der Waals surface area contributed by atoms with Crippen LogP contribution in [-0.2, 0) is 6.54 Å². The quantitative estimate of drug-likeness (QED) is 0.861. The zero-order chi connectivity index (χ0) is 18.5. The molecule has 1 aliphatic heterocycles. The summed E-state index contributed by atoms with van der Waals surface area (Å²) >= 11 is 0. The lowest BCUT2D eigenvalue weighted by Gasteiger charge is -2.33. The minimum atomic E-state index is -0.522. The molecule has 3 rings (SSSR count). The van der Waals surface area contributed by atoms with Crippen molar-refractivity contribution >= 4 is 11.7 Å². The average molecular weight is 360 g/mol. The van der Waals surface area contributed by atoms with Gasteiger partial charge in [-0.3, -0.25) is 9.69 Å². The lowest BCUT2D eigenvalue weighted by atomic mass is 10.0. The SMILES string of the molecule is CNC(=O)c1cccnc1NC1CCCN(Cc2c(F)cccc2F)C1. The summed E-state index contributed by atoms with van der Waals surface area (Å²) in [5.41, 5.74) is 0.573. The van der Waals surface area contributed by atoms with Crippen molar-refractivity contribution in [2.75, 3.05) is 25.5 Å². The van der Waals surface area contributed by atoms with Crippen LogP contribution in [0.1, 0.15) is 28.8 Å². The van der Waals surface area contributed by atoms with Crippen LogP contribution in [0.3, 0.4) is 0 Å². The van der Waals surface area contributed by atoms with Gasteiger partial charge in [0.15, 0.2) is 0 Å². The second-order valence-corrected chi connectivity index (χ2v) is 6.40. The fraction of sp³-hybridized carbons (Fsp3) is 0.368. The topological polar surface area (TPSA) is 57.3 Å². The van der Waals surface area contributed by atoms with Crippen molar-refractivity contribution in [2.24, 2.45) is 0 Å². The first-order valence-electron chi connectivity index (χ1n) is 8.67. The average Bonchev–Trinajstić information content (AvgIpc) is 2.65. The number of hydrogen-bond donors (Lipinski definition) is 2. The number of likely N-dealkylation sites (tertiary alicyclic amines) is 1. The zero-order valence-electron chi connectivity index (χ0n) is 14.6. The van der Waals surface area contributed by atoms with Crippen molar-refractivity contribution in [3.63, 3.8) is 0 Å². The minimum absolute atomic E-state index is 0.0527. The van der Waals surface area contributed by atoms with Gasteiger partial charge in [0.2, 0.25) is 0 Å². The van der Waals surface area contributed by atoms with Crippen molar-refractivity contribution in [2.45, 2.75) is 25.4 Å². The van der Waals surface area contributed by atoms with Gasteiger partial charge in [-0.15, -0.1) is 0 Å². The molecule has 0 bridgehead atoms. The Labute approximate surface area is 151 Å². The first-order chi connectivity index (χ1) is 12.6. The number of nitrogens with one attached hydrogen (secondary N) is 2. The first-order valence-corrected chi connectivity index (χ1v) is 8.67. The van der Waals surface area contributed by atoms with Gasteiger partial charge in [0.1, 0.15) is 17.5 Å². The first kappa shape index (κ1) is 18.3. The van der Waals surface area contributed by atoms with Gasteiger partial charge in [0.05, 0.1) is 5.56 Å². The Bertz CT molecular complexity index is 764. The molecule has 1 amide bonds. The maximum absolute atomic E-state index is 13.9. The number of benzene rings is 1. The summed E-state index contributed by atoms with van der Waals surface area (Å²) in [6.07, 6.45) is 3.43. The molecule has 0 radical (unpaired) electrons. The maximum atomic E-state index is 13.9. The van der Waals surface area contributed by atoms with Gasteiger partial charge in [-0.25, -0.2) is 13.8 Å². The predicted molar refractivity (Wildman–Crippen MR) is 95.9 cm³/mol. The van der Waals surface area contributed by atoms with Crippen molar-refractivity contribution in [3.05, 3.63) is 59.3 Å². The lowest BCUT2D eigenvalue weighted by molar-refractivity contribution is 0.0963. The number of carbonyl (C=O) groups is 1. The van der Waals surface area contributed by atoms with Crippen LogP contribution in [0.4, 0.5) is 14.6 Å². The molecule has 138 valence electrons. The molecule has 1 aliphatic rings. The normalized spacial score (nSPS) is 17.7. The van der Waals surface area contributed by atoms with E-state index in [0.29, 0.717) is 17.9 Å². The van der Waals surface area contributed by atoms with Crippen molar-refractivity contribution in [1.82, 2.24) is 15.2 Å². The molecule has 0 aliphatic carbocycles. The number of carbonyl (C=O) groups excluding carboxylic acids is 1. The van der Waals surface area contributed by atoms with E-state index >= 15 is 0 Å². The van der Waals surface area contributed by atoms with E-state index in [9.17, 15) is 13.6 Å². The van der Waals surface area contributed by atoms with Crippen molar-refractivity contribution in [3.8, 4) is 0 Å². The molecule has 1 saturated heterocycles. The van der Waals surface area contributed by atoms with Gasteiger partial charge >= 0.3 is 0 Å². The summed E-state index contributed by atoms with van der Waals surface area (Å²) in [6.45, 7) is 1.62. The molecule has 7 heteroatoms. The molecule has 0 spiro atoms. The number of hydrogen-bond acceptors (Lipinski definition) is 4. The number of aromatic nitrogens is 1. The highest BCUT2D eigenvalue weighted by Gasteiger charge is 2.23. The largest absolute Gasteiger partial charge is 0.365 e. The summed E-state index contributed by atoms with van der Waals surface area (Å²) in [5, 5.41) is 5.91. The number of nitrogens with zero attached hydrogens (tertiary/aromatic N) is 2. The molecule has 1 atom stereocenters. The third kappa shape index (κ3) is 4.16. The Morgan fingerprint density at radius 2 is 2.04 bits per heavy atom. The summed E-state index contributed by atoms with van der Waals surface area (Å²) in [7, 11) is 1.57. The molecule has 26 heavy (non-hydrogen) atoms. The van der Waals surface area contributed by atoms with Gasteiger partial charge in [0, 0.05) is 37.9 Å². The molecule has 2 aromatic rings. The minimum Gasteiger partial charge on any atom is -0.365 e. The molecule has 1 fully saturated rings. The molecule has 5 nitrogen and oxygen atoms in total. The molecule has 2 N–H and O–H groups in total. The molecule has 1 unspecified atom stereocenters. The van der Waals surface area contributed by atoms with Crippen molar-refractivity contribution in [1.29, 1.82) is 0 Å². The van der Waals surface area contributed by atoms with E-state index in [0.717, 1.165) is 19.4 Å². The van der Waals surface area contributed by atoms with E-state index in [1.165, 1.54) is 18.2 Å². The number of pyridine rings is 1. The highest BCUT2D eigenvalue weighted by Crippen LogP contribution is 2.21. The van der Waals surface area contributed by atoms with E-state index in [1.807, 2.05) is 4.90 Å². The molecule has 2 heterocycles. The number of amides is 1. The number of halogens is 2. The molecule has 1 aromatic carbocycles. The molecule has 1 aromatic heterocycles. The van der Waals surface area contributed by atoms with E-state index in [-0.39, 0.29) is 24.1 Å². The predicted octanol–water partition coefficient (Wildman–Crippen LogP) is 2.80. The number of piperidine rings is 1. The van der Waals surface area contributed by atoms with E-state index in [4.69, 9.17) is 0 Å². The van der Waals surface area contributed by atoms with Crippen LogP contribution >= 0.6 is 0 Å². The highest BCUT2D eigenvalue weighted by molar-refractivity contribution is 5.98. The highest BCUT2D eigenvalue weighted by atomic mass is 19.1. The third-order valence-electron chi connectivity index (χ3n) is 4.57. The standard InChI is InChI=1S/C19H22F2N4O/c1-22-19(26)14-6-3-9-23-18(14)24-13-5-4-10-25(11-13)12-15-16(20)7-2-8-17(15)21/h2-3,6-9,13H,4-5,10-12H2,1H3,(H,22,26)(H,23,24). The van der Waals surface area contributed by atoms with E-state index in [1.54, 1.807) is 25.4 Å².